The third kappa shape index (κ3) is 2.91. The molecule has 0 bridgehead atoms. The Morgan fingerprint density at radius 2 is 1.80 bits per heavy atom. The summed E-state index contributed by atoms with van der Waals surface area (Å²) in [7, 11) is 0. The fourth-order valence-corrected chi connectivity index (χ4v) is 7.19. The van der Waals surface area contributed by atoms with Crippen molar-refractivity contribution in [2.45, 2.75) is 84.7 Å². The van der Waals surface area contributed by atoms with Gasteiger partial charge in [-0.25, -0.2) is 0 Å². The van der Waals surface area contributed by atoms with E-state index < -0.39 is 0 Å². The fraction of sp³-hybridized carbons (Fsp3) is 0.864. The molecule has 0 aromatic rings. The molecule has 0 spiro atoms. The lowest BCUT2D eigenvalue weighted by atomic mass is 9.45. The van der Waals surface area contributed by atoms with E-state index in [1.165, 1.54) is 38.5 Å². The minimum Gasteiger partial charge on any atom is -0.411 e. The Bertz CT molecular complexity index is 565. The molecule has 4 rings (SSSR count). The van der Waals surface area contributed by atoms with Crippen molar-refractivity contribution in [3.63, 3.8) is 0 Å². The van der Waals surface area contributed by atoms with Gasteiger partial charge in [-0.05, 0) is 93.8 Å². The van der Waals surface area contributed by atoms with Gasteiger partial charge < -0.3 is 10.3 Å². The molecule has 7 atom stereocenters. The lowest BCUT2D eigenvalue weighted by molar-refractivity contribution is -0.114. The second-order valence-electron chi connectivity index (χ2n) is 9.42. The van der Waals surface area contributed by atoms with Gasteiger partial charge in [0.05, 0.1) is 11.8 Å². The first kappa shape index (κ1) is 18.8. The van der Waals surface area contributed by atoms with Crippen LogP contribution >= 0.6 is 0 Å². The molecule has 140 valence electrons. The number of fused-ring (bicyclic) bond motifs is 5. The van der Waals surface area contributed by atoms with E-state index in [9.17, 15) is 10.3 Å². The van der Waals surface area contributed by atoms with Crippen molar-refractivity contribution in [1.82, 2.24) is 0 Å². The van der Waals surface area contributed by atoms with Gasteiger partial charge in [-0.1, -0.05) is 19.0 Å². The fourth-order valence-electron chi connectivity index (χ4n) is 7.19. The second-order valence-corrected chi connectivity index (χ2v) is 9.42. The van der Waals surface area contributed by atoms with Gasteiger partial charge in [-0.15, -0.1) is 12.3 Å². The highest BCUT2D eigenvalue weighted by Gasteiger charge is 2.59. The maximum Gasteiger partial charge on any atom is 0.0632 e. The molecule has 0 amide bonds. The van der Waals surface area contributed by atoms with E-state index in [0.29, 0.717) is 5.41 Å². The van der Waals surface area contributed by atoms with Crippen molar-refractivity contribution in [1.29, 1.82) is 0 Å². The highest BCUT2D eigenvalue weighted by Crippen LogP contribution is 2.65. The average molecular weight is 346 g/mol. The highest BCUT2D eigenvalue weighted by atomic mass is 16.4. The van der Waals surface area contributed by atoms with Crippen LogP contribution in [-0.4, -0.2) is 22.1 Å². The first-order valence-corrected chi connectivity index (χ1v) is 10.2. The van der Waals surface area contributed by atoms with Crippen molar-refractivity contribution in [2.75, 3.05) is 0 Å². The molecular formula is C22H35NO2. The van der Waals surface area contributed by atoms with Gasteiger partial charge in [0.15, 0.2) is 0 Å². The third-order valence-corrected chi connectivity index (χ3v) is 8.50. The largest absolute Gasteiger partial charge is 0.411 e. The third-order valence-electron chi connectivity index (χ3n) is 8.50. The molecule has 0 saturated heterocycles. The Kier molecular flexibility index (Phi) is 5.22. The summed E-state index contributed by atoms with van der Waals surface area (Å²) in [5.74, 6) is 5.35. The summed E-state index contributed by atoms with van der Waals surface area (Å²) in [4.78, 5) is 0. The molecule has 0 aromatic heterocycles. The maximum atomic E-state index is 10.1. The predicted octanol–water partition coefficient (Wildman–Crippen LogP) is 4.86. The van der Waals surface area contributed by atoms with Crippen molar-refractivity contribution < 1.29 is 10.3 Å². The molecule has 25 heavy (non-hydrogen) atoms. The molecule has 0 radical (unpaired) electrons. The highest BCUT2D eigenvalue weighted by molar-refractivity contribution is 5.91. The lowest BCUT2D eigenvalue weighted by Crippen LogP contribution is -2.54. The van der Waals surface area contributed by atoms with Crippen molar-refractivity contribution in [3.05, 3.63) is 0 Å². The van der Waals surface area contributed by atoms with Crippen molar-refractivity contribution in [2.24, 2.45) is 39.7 Å². The summed E-state index contributed by atoms with van der Waals surface area (Å²) in [6.07, 6.45) is 15.1. The number of aliphatic hydroxyl groups excluding tert-OH is 1. The summed E-state index contributed by atoms with van der Waals surface area (Å²) in [6, 6.07) is 0. The predicted molar refractivity (Wildman–Crippen MR) is 101 cm³/mol. The zero-order valence-corrected chi connectivity index (χ0v) is 16.2. The van der Waals surface area contributed by atoms with Crippen molar-refractivity contribution in [3.8, 4) is 12.3 Å². The molecule has 0 aliphatic heterocycles. The Morgan fingerprint density at radius 1 is 1.08 bits per heavy atom. The van der Waals surface area contributed by atoms with Gasteiger partial charge in [0.2, 0.25) is 0 Å². The number of aliphatic hydroxyl groups is 1. The molecule has 2 N–H and O–H groups in total. The minimum absolute atomic E-state index is 0.0527. The number of rotatable bonds is 0. The van der Waals surface area contributed by atoms with Crippen LogP contribution in [0.1, 0.15) is 78.6 Å². The first-order valence-electron chi connectivity index (χ1n) is 10.2. The van der Waals surface area contributed by atoms with E-state index in [-0.39, 0.29) is 11.5 Å². The normalized spacial score (nSPS) is 49.9. The van der Waals surface area contributed by atoms with Crippen LogP contribution in [0.3, 0.4) is 0 Å². The van der Waals surface area contributed by atoms with E-state index in [0.717, 1.165) is 48.6 Å². The summed E-state index contributed by atoms with van der Waals surface area (Å²) in [5, 5.41) is 23.1. The van der Waals surface area contributed by atoms with Gasteiger partial charge in [-0.2, -0.15) is 0 Å². The zero-order chi connectivity index (χ0) is 18.2. The van der Waals surface area contributed by atoms with Gasteiger partial charge in [0.25, 0.3) is 0 Å². The molecule has 3 nitrogen and oxygen atoms in total. The monoisotopic (exact) mass is 345 g/mol. The number of oxime groups is 1. The smallest absolute Gasteiger partial charge is 0.0632 e. The molecule has 4 aliphatic rings. The molecule has 0 aromatic carbocycles. The summed E-state index contributed by atoms with van der Waals surface area (Å²) < 4.78 is 0. The van der Waals surface area contributed by atoms with Crippen LogP contribution in [-0.2, 0) is 0 Å². The lowest BCUT2D eigenvalue weighted by Gasteiger charge is -2.60. The number of hydrogen-bond acceptors (Lipinski definition) is 3. The van der Waals surface area contributed by atoms with Crippen molar-refractivity contribution >= 4 is 5.71 Å². The van der Waals surface area contributed by atoms with Gasteiger partial charge >= 0.3 is 0 Å². The van der Waals surface area contributed by atoms with E-state index in [4.69, 9.17) is 0 Å². The second kappa shape index (κ2) is 6.95. The quantitative estimate of drug-likeness (QED) is 0.374. The zero-order valence-electron chi connectivity index (χ0n) is 16.2. The SMILES string of the molecule is C#CC.CC12CCC3C(CCC4CC(O)CCC43C)C1CC/C2=N\O. The molecule has 4 saturated carbocycles. The van der Waals surface area contributed by atoms with Crippen LogP contribution in [0.15, 0.2) is 5.16 Å². The molecule has 4 aliphatic carbocycles. The Morgan fingerprint density at radius 3 is 2.48 bits per heavy atom. The van der Waals surface area contributed by atoms with E-state index in [1.54, 1.807) is 6.92 Å². The van der Waals surface area contributed by atoms with E-state index in [1.807, 2.05) is 0 Å². The summed E-state index contributed by atoms with van der Waals surface area (Å²) in [5.41, 5.74) is 1.68. The number of nitrogens with zero attached hydrogens (tertiary/aromatic N) is 1. The van der Waals surface area contributed by atoms with Crippen LogP contribution < -0.4 is 0 Å². The first-order chi connectivity index (χ1) is 11.9. The van der Waals surface area contributed by atoms with Crippen LogP contribution in [0.5, 0.6) is 0 Å². The number of terminal acetylenes is 1. The van der Waals surface area contributed by atoms with E-state index >= 15 is 0 Å². The molecule has 7 unspecified atom stereocenters. The van der Waals surface area contributed by atoms with Gasteiger partial charge in [0, 0.05) is 5.41 Å². The molecular weight excluding hydrogens is 310 g/mol. The minimum atomic E-state index is -0.0527. The van der Waals surface area contributed by atoms with E-state index in [2.05, 4.69) is 31.3 Å². The summed E-state index contributed by atoms with van der Waals surface area (Å²) in [6.45, 7) is 6.54. The van der Waals surface area contributed by atoms with Crippen LogP contribution in [0.2, 0.25) is 0 Å². The Labute approximate surface area is 153 Å². The average Bonchev–Trinajstić information content (AvgIpc) is 2.92. The van der Waals surface area contributed by atoms with Crippen LogP contribution in [0.25, 0.3) is 0 Å². The molecule has 0 heterocycles. The van der Waals surface area contributed by atoms with Crippen LogP contribution in [0, 0.1) is 46.8 Å². The van der Waals surface area contributed by atoms with Gasteiger partial charge in [-0.3, -0.25) is 0 Å². The Balaban J connectivity index is 0.000000569. The molecule has 3 heteroatoms. The van der Waals surface area contributed by atoms with Gasteiger partial charge in [0.1, 0.15) is 0 Å². The maximum absolute atomic E-state index is 10.1. The van der Waals surface area contributed by atoms with Crippen LogP contribution in [0.4, 0.5) is 0 Å². The topological polar surface area (TPSA) is 52.8 Å². The standard InChI is InChI=1S/C19H31NO2.C3H4/c1-18-9-7-13(21)11-12(18)3-4-14-15-5-6-17(20-22)19(15,2)10-8-16(14)18;1-3-2/h12-16,21-22H,3-11H2,1-2H3;1H,2H3/b20-17+;. The number of hydrogen-bond donors (Lipinski definition) is 2. The molecule has 4 fully saturated rings. The Hall–Kier alpha value is -1.01. The summed E-state index contributed by atoms with van der Waals surface area (Å²) >= 11 is 0.